The first-order valence-electron chi connectivity index (χ1n) is 14.4. The molecule has 0 amide bonds. The Hall–Kier alpha value is -4.46. The minimum Gasteiger partial charge on any atom is -0.481 e. The molecule has 0 aliphatic carbocycles. The second kappa shape index (κ2) is 13.9. The maximum Gasteiger partial charge on any atom is 0.303 e. The number of aromatic amines is 1. The van der Waals surface area contributed by atoms with Crippen LogP contribution in [0.3, 0.4) is 0 Å². The van der Waals surface area contributed by atoms with Crippen molar-refractivity contribution in [3.63, 3.8) is 0 Å². The number of aromatic nitrogens is 4. The predicted octanol–water partition coefficient (Wildman–Crippen LogP) is 8.11. The smallest absolute Gasteiger partial charge is 0.303 e. The van der Waals surface area contributed by atoms with Gasteiger partial charge in [0.2, 0.25) is 0 Å². The predicted molar refractivity (Wildman–Crippen MR) is 172 cm³/mol. The van der Waals surface area contributed by atoms with Crippen molar-refractivity contribution in [3.05, 3.63) is 69.8 Å². The number of carboxylic acids is 2. The Balaban J connectivity index is 0.000000420. The SMILES string of the molecule is CCC(=O)O.CCC(=O)O.CCC1=C(CC)c2nc1cc1ccc(cc3nc(cc4c(C)c(C)c(c2C)n4C)C=C3)[nH]1. The van der Waals surface area contributed by atoms with Crippen LogP contribution in [0.2, 0.25) is 0 Å². The standard InChI is InChI=1S/C28H30N4.2C3H6O2/c1-7-23-24(8-2)27-18(5)28-17(4)16(3)26(32(28)6)15-22-12-10-20(30-22)13-19-9-11-21(29-19)14-25(23)31-27;2*1-2-3(4)5/h9-15,29H,7-8H2,1-6H3;2*2H2,1H3,(H,4,5). The van der Waals surface area contributed by atoms with E-state index in [9.17, 15) is 9.59 Å². The zero-order valence-corrected chi connectivity index (χ0v) is 25.9. The molecule has 3 aromatic heterocycles. The molecule has 42 heavy (non-hydrogen) atoms. The first kappa shape index (κ1) is 32.1. The Morgan fingerprint density at radius 2 is 1.29 bits per heavy atom. The first-order valence-corrected chi connectivity index (χ1v) is 14.4. The van der Waals surface area contributed by atoms with E-state index in [1.54, 1.807) is 13.8 Å². The summed E-state index contributed by atoms with van der Waals surface area (Å²) in [6, 6.07) is 10.7. The van der Waals surface area contributed by atoms with Gasteiger partial charge in [-0.15, -0.1) is 0 Å². The summed E-state index contributed by atoms with van der Waals surface area (Å²) < 4.78 is 2.31. The molecular formula is C34H42N4O4. The summed E-state index contributed by atoms with van der Waals surface area (Å²) in [4.78, 5) is 32.3. The molecule has 3 aromatic rings. The molecule has 2 aliphatic heterocycles. The highest BCUT2D eigenvalue weighted by molar-refractivity contribution is 5.95. The van der Waals surface area contributed by atoms with Crippen molar-refractivity contribution in [1.29, 1.82) is 0 Å². The summed E-state index contributed by atoms with van der Waals surface area (Å²) >= 11 is 0. The minimum atomic E-state index is -0.745. The van der Waals surface area contributed by atoms with Crippen LogP contribution in [-0.4, -0.2) is 41.7 Å². The molecule has 3 N–H and O–H groups in total. The Labute approximate surface area is 247 Å². The largest absolute Gasteiger partial charge is 0.481 e. The van der Waals surface area contributed by atoms with Gasteiger partial charge in [0.1, 0.15) is 0 Å². The lowest BCUT2D eigenvalue weighted by Gasteiger charge is -2.07. The molecule has 8 nitrogen and oxygen atoms in total. The van der Waals surface area contributed by atoms with Gasteiger partial charge in [0.05, 0.1) is 22.8 Å². The van der Waals surface area contributed by atoms with E-state index in [4.69, 9.17) is 20.2 Å². The van der Waals surface area contributed by atoms with E-state index in [0.29, 0.717) is 0 Å². The molecule has 0 unspecified atom stereocenters. The summed E-state index contributed by atoms with van der Waals surface area (Å²) in [5, 5.41) is 15.4. The van der Waals surface area contributed by atoms with Crippen LogP contribution in [0.15, 0.2) is 30.3 Å². The Morgan fingerprint density at radius 1 is 0.762 bits per heavy atom. The van der Waals surface area contributed by atoms with Crippen LogP contribution in [0.5, 0.6) is 0 Å². The molecule has 222 valence electrons. The van der Waals surface area contributed by atoms with Crippen LogP contribution in [0.4, 0.5) is 0 Å². The van der Waals surface area contributed by atoms with Gasteiger partial charge in [-0.25, -0.2) is 9.97 Å². The lowest BCUT2D eigenvalue weighted by molar-refractivity contribution is -0.137. The number of aliphatic carboxylic acids is 2. The number of nitrogens with zero attached hydrogens (tertiary/aromatic N) is 3. The summed E-state index contributed by atoms with van der Waals surface area (Å²) in [6.45, 7) is 14.3. The summed E-state index contributed by atoms with van der Waals surface area (Å²) in [7, 11) is 2.16. The molecule has 8 bridgehead atoms. The van der Waals surface area contributed by atoms with E-state index >= 15 is 0 Å². The fourth-order valence-electron chi connectivity index (χ4n) is 5.20. The molecule has 0 saturated carbocycles. The average Bonchev–Trinajstić information content (AvgIpc) is 3.73. The third-order valence-corrected chi connectivity index (χ3v) is 7.51. The number of nitrogens with one attached hydrogen (secondary N) is 1. The van der Waals surface area contributed by atoms with Gasteiger partial charge < -0.3 is 19.8 Å². The van der Waals surface area contributed by atoms with Gasteiger partial charge in [0.15, 0.2) is 0 Å². The fourth-order valence-corrected chi connectivity index (χ4v) is 5.20. The number of rotatable bonds is 4. The molecule has 2 aliphatic rings. The Kier molecular flexibility index (Phi) is 10.6. The molecule has 0 aromatic carbocycles. The zero-order valence-electron chi connectivity index (χ0n) is 25.9. The van der Waals surface area contributed by atoms with E-state index in [1.807, 2.05) is 0 Å². The number of carbonyl (C=O) groups is 2. The molecule has 5 rings (SSSR count). The number of hydrogen-bond donors (Lipinski definition) is 3. The first-order chi connectivity index (χ1) is 19.9. The van der Waals surface area contributed by atoms with E-state index in [0.717, 1.165) is 46.7 Å². The number of aryl methyl sites for hydroxylation is 4. The second-order valence-electron chi connectivity index (χ2n) is 10.3. The van der Waals surface area contributed by atoms with Gasteiger partial charge in [-0.05, 0) is 104 Å². The van der Waals surface area contributed by atoms with Crippen molar-refractivity contribution in [3.8, 4) is 0 Å². The highest BCUT2D eigenvalue weighted by atomic mass is 16.4. The van der Waals surface area contributed by atoms with Gasteiger partial charge in [-0.1, -0.05) is 27.7 Å². The maximum atomic E-state index is 9.37. The summed E-state index contributed by atoms with van der Waals surface area (Å²) in [6.07, 6.45) is 6.55. The highest BCUT2D eigenvalue weighted by Crippen LogP contribution is 2.37. The third kappa shape index (κ3) is 7.05. The van der Waals surface area contributed by atoms with E-state index in [2.05, 4.69) is 93.7 Å². The molecule has 0 atom stereocenters. The molecule has 0 spiro atoms. The van der Waals surface area contributed by atoms with Crippen LogP contribution < -0.4 is 0 Å². The zero-order chi connectivity index (χ0) is 31.1. The molecule has 5 heterocycles. The molecule has 0 saturated heterocycles. The van der Waals surface area contributed by atoms with Crippen molar-refractivity contribution in [2.75, 3.05) is 0 Å². The lowest BCUT2D eigenvalue weighted by Crippen LogP contribution is -1.94. The van der Waals surface area contributed by atoms with E-state index < -0.39 is 11.9 Å². The number of allylic oxidation sites excluding steroid dienone is 2. The van der Waals surface area contributed by atoms with Gasteiger partial charge in [0, 0.05) is 42.0 Å². The Morgan fingerprint density at radius 3 is 1.81 bits per heavy atom. The molecule has 8 heteroatoms. The van der Waals surface area contributed by atoms with Crippen LogP contribution in [-0.2, 0) is 16.6 Å². The number of H-pyrrole nitrogens is 1. The quantitative estimate of drug-likeness (QED) is 0.228. The summed E-state index contributed by atoms with van der Waals surface area (Å²) in [5.74, 6) is -1.49. The number of fused-ring (bicyclic) bond motifs is 8. The van der Waals surface area contributed by atoms with Crippen molar-refractivity contribution in [2.24, 2.45) is 7.05 Å². The van der Waals surface area contributed by atoms with Crippen LogP contribution >= 0.6 is 0 Å². The second-order valence-corrected chi connectivity index (χ2v) is 10.3. The van der Waals surface area contributed by atoms with Crippen molar-refractivity contribution in [2.45, 2.75) is 74.1 Å². The lowest BCUT2D eigenvalue weighted by atomic mass is 9.98. The summed E-state index contributed by atoms with van der Waals surface area (Å²) in [5.41, 5.74) is 15.3. The molecular weight excluding hydrogens is 528 g/mol. The van der Waals surface area contributed by atoms with Gasteiger partial charge >= 0.3 is 11.9 Å². The van der Waals surface area contributed by atoms with Crippen molar-refractivity contribution < 1.29 is 19.8 Å². The molecule has 0 radical (unpaired) electrons. The van der Waals surface area contributed by atoms with E-state index in [-0.39, 0.29) is 12.8 Å². The van der Waals surface area contributed by atoms with Crippen LogP contribution in [0, 0.1) is 20.8 Å². The minimum absolute atomic E-state index is 0.222. The van der Waals surface area contributed by atoms with Crippen molar-refractivity contribution in [1.82, 2.24) is 19.5 Å². The monoisotopic (exact) mass is 570 g/mol. The number of hydrogen-bond acceptors (Lipinski definition) is 4. The molecule has 0 fully saturated rings. The van der Waals surface area contributed by atoms with Gasteiger partial charge in [0.25, 0.3) is 0 Å². The average molecular weight is 571 g/mol. The fraction of sp³-hybridized carbons (Fsp3) is 0.353. The Bertz CT molecular complexity index is 1710. The van der Waals surface area contributed by atoms with Gasteiger partial charge in [-0.2, -0.15) is 0 Å². The topological polar surface area (TPSA) is 121 Å². The van der Waals surface area contributed by atoms with Crippen molar-refractivity contribution >= 4 is 57.3 Å². The van der Waals surface area contributed by atoms with Gasteiger partial charge in [-0.3, -0.25) is 9.59 Å². The highest BCUT2D eigenvalue weighted by Gasteiger charge is 2.21. The third-order valence-electron chi connectivity index (χ3n) is 7.51. The normalized spacial score (nSPS) is 11.9. The van der Waals surface area contributed by atoms with Crippen LogP contribution in [0.25, 0.3) is 45.4 Å². The van der Waals surface area contributed by atoms with E-state index in [1.165, 1.54) is 38.9 Å². The maximum absolute atomic E-state index is 9.37. The number of carboxylic acid groups (broad SMARTS) is 2. The van der Waals surface area contributed by atoms with Crippen LogP contribution in [0.1, 0.15) is 92.8 Å².